The summed E-state index contributed by atoms with van der Waals surface area (Å²) in [4.78, 5) is 28.2. The molecule has 2 saturated heterocycles. The second-order valence-electron chi connectivity index (χ2n) is 18.0. The van der Waals surface area contributed by atoms with Crippen molar-refractivity contribution in [3.05, 3.63) is 11.6 Å². The van der Waals surface area contributed by atoms with E-state index in [4.69, 9.17) is 14.2 Å². The Morgan fingerprint density at radius 2 is 1.80 bits per heavy atom. The van der Waals surface area contributed by atoms with Crippen LogP contribution in [-0.2, 0) is 14.2 Å². The van der Waals surface area contributed by atoms with Crippen LogP contribution in [0, 0.1) is 45.3 Å². The molecule has 7 fully saturated rings. The Kier molecular flexibility index (Phi) is 8.90. The topological polar surface area (TPSA) is 101 Å². The Hall–Kier alpha value is -2.05. The fourth-order valence-electron chi connectivity index (χ4n) is 13.0. The first kappa shape index (κ1) is 36.3. The van der Waals surface area contributed by atoms with E-state index in [-0.39, 0.29) is 83.1 Å². The van der Waals surface area contributed by atoms with Crippen LogP contribution in [0.1, 0.15) is 92.4 Å². The van der Waals surface area contributed by atoms with Gasteiger partial charge in [0.25, 0.3) is 0 Å². The van der Waals surface area contributed by atoms with Gasteiger partial charge in [0, 0.05) is 32.6 Å². The number of ether oxygens (including phenoxy) is 3. The lowest BCUT2D eigenvalue weighted by molar-refractivity contribution is -0.172. The van der Waals surface area contributed by atoms with Crippen LogP contribution in [0.4, 0.5) is 22.8 Å². The summed E-state index contributed by atoms with van der Waals surface area (Å²) in [5, 5.41) is 15.2. The second kappa shape index (κ2) is 12.3. The van der Waals surface area contributed by atoms with E-state index < -0.39 is 24.9 Å². The number of allylic oxidation sites excluding steroid dienone is 1. The summed E-state index contributed by atoms with van der Waals surface area (Å²) in [5.74, 6) is 0.993. The molecule has 12 atom stereocenters. The number of carbonyl (C=O) groups excluding carboxylic acids is 2. The number of amides is 2. The summed E-state index contributed by atoms with van der Waals surface area (Å²) >= 11 is 0. The molecule has 282 valence electrons. The van der Waals surface area contributed by atoms with Crippen LogP contribution in [0.2, 0.25) is 0 Å². The molecule has 2 spiro atoms. The van der Waals surface area contributed by atoms with Crippen molar-refractivity contribution in [3.8, 4) is 0 Å². The molecule has 0 bridgehead atoms. The molecule has 50 heavy (non-hydrogen) atoms. The number of hydrogen-bond donors (Lipinski definition) is 2. The summed E-state index contributed by atoms with van der Waals surface area (Å²) < 4.78 is 56.9. The Bertz CT molecular complexity index is 1390. The van der Waals surface area contributed by atoms with Crippen LogP contribution in [-0.4, -0.2) is 104 Å². The number of fused-ring (bicyclic) bond motifs is 4. The molecule has 12 heteroatoms. The van der Waals surface area contributed by atoms with Gasteiger partial charge in [-0.2, -0.15) is 13.2 Å². The average Bonchev–Trinajstić information content (AvgIpc) is 3.66. The Balaban J connectivity index is 1.04. The molecule has 7 aliphatic rings. The van der Waals surface area contributed by atoms with Gasteiger partial charge in [-0.25, -0.2) is 9.59 Å². The van der Waals surface area contributed by atoms with Gasteiger partial charge in [0.2, 0.25) is 0 Å². The third-order valence-electron chi connectivity index (χ3n) is 15.4. The molecular weight excluding hydrogens is 651 g/mol. The molecule has 7 rings (SSSR count). The van der Waals surface area contributed by atoms with Crippen LogP contribution in [0.3, 0.4) is 0 Å². The highest BCUT2D eigenvalue weighted by Crippen LogP contribution is 2.88. The highest BCUT2D eigenvalue weighted by molar-refractivity contribution is 5.68. The lowest BCUT2D eigenvalue weighted by Gasteiger charge is -2.61. The van der Waals surface area contributed by atoms with Crippen molar-refractivity contribution in [3.63, 3.8) is 0 Å². The number of likely N-dealkylation sites (tertiary alicyclic amines) is 1. The SMILES string of the molecule is C/C=C1\C(OC(=O)NC2CN(CC(F)(F)F)C2)CCC23CC24CCC2(C)[C@H]5CCC(C(OC(=O)N(C)C)C(C)C)OC5[C@H](O)[C@@]2(C)C4CC[C@@H]13. The minimum atomic E-state index is -4.25. The zero-order valence-electron chi connectivity index (χ0n) is 30.9. The van der Waals surface area contributed by atoms with E-state index in [1.807, 2.05) is 6.92 Å². The minimum absolute atomic E-state index is 0.0682. The first-order valence-electron chi connectivity index (χ1n) is 19.0. The van der Waals surface area contributed by atoms with Crippen molar-refractivity contribution < 1.29 is 42.1 Å². The van der Waals surface area contributed by atoms with Gasteiger partial charge in [0.1, 0.15) is 12.2 Å². The number of rotatable bonds is 6. The Morgan fingerprint density at radius 3 is 2.44 bits per heavy atom. The van der Waals surface area contributed by atoms with Gasteiger partial charge in [0.05, 0.1) is 30.9 Å². The van der Waals surface area contributed by atoms with Crippen LogP contribution < -0.4 is 5.32 Å². The van der Waals surface area contributed by atoms with E-state index in [0.717, 1.165) is 57.8 Å². The maximum absolute atomic E-state index is 12.9. The monoisotopic (exact) mass is 709 g/mol. The van der Waals surface area contributed by atoms with Gasteiger partial charge < -0.3 is 29.5 Å². The van der Waals surface area contributed by atoms with Crippen LogP contribution in [0.5, 0.6) is 0 Å². The lowest BCUT2D eigenvalue weighted by Crippen LogP contribution is -2.61. The number of nitrogens with one attached hydrogen (secondary N) is 1. The van der Waals surface area contributed by atoms with E-state index in [9.17, 15) is 27.9 Å². The Morgan fingerprint density at radius 1 is 1.08 bits per heavy atom. The standard InChI is InChI=1S/C38H58F3N3O6/c1-8-23-24-10-12-28-35(5)31(45)30-25(9-11-27(48-30)29(21(2)3)50-33(47)43(6)7)34(35,4)15-16-37(28)19-36(24,37)14-13-26(23)49-32(46)42-22-17-44(18-22)20-38(39,40)41/h8,21-22,24-31,45H,9-20H2,1-7H3,(H,42,46)/b23-8-/t24-,25-,26?,27?,28?,29?,30?,31-,34?,35+,36?,37?/m0/s1. The molecule has 0 aromatic carbocycles. The number of alkyl carbamates (subject to hydrolysis) is 1. The minimum Gasteiger partial charge on any atom is -0.443 e. The number of carbonyl (C=O) groups is 2. The molecule has 2 amide bonds. The van der Waals surface area contributed by atoms with Crippen molar-refractivity contribution in [2.45, 2.75) is 135 Å². The molecule has 2 heterocycles. The maximum Gasteiger partial charge on any atom is 0.409 e. The summed E-state index contributed by atoms with van der Waals surface area (Å²) in [5.41, 5.74) is 1.07. The fourth-order valence-corrected chi connectivity index (χ4v) is 13.0. The molecule has 0 aromatic heterocycles. The zero-order chi connectivity index (χ0) is 36.2. The van der Waals surface area contributed by atoms with Crippen molar-refractivity contribution in [1.82, 2.24) is 15.1 Å². The number of aliphatic hydroxyl groups is 1. The summed E-state index contributed by atoms with van der Waals surface area (Å²) in [6, 6.07) is -0.335. The van der Waals surface area contributed by atoms with Gasteiger partial charge in [-0.1, -0.05) is 33.8 Å². The van der Waals surface area contributed by atoms with Gasteiger partial charge in [-0.05, 0) is 110 Å². The quantitative estimate of drug-likeness (QED) is 0.303. The number of hydrogen-bond acceptors (Lipinski definition) is 7. The summed E-state index contributed by atoms with van der Waals surface area (Å²) in [6.45, 7) is 10.3. The lowest BCUT2D eigenvalue weighted by atomic mass is 9.43. The van der Waals surface area contributed by atoms with Crippen molar-refractivity contribution in [1.29, 1.82) is 0 Å². The van der Waals surface area contributed by atoms with Crippen LogP contribution >= 0.6 is 0 Å². The maximum atomic E-state index is 12.9. The highest BCUT2D eigenvalue weighted by Gasteiger charge is 2.83. The predicted molar refractivity (Wildman–Crippen MR) is 180 cm³/mol. The molecule has 9 nitrogen and oxygen atoms in total. The summed E-state index contributed by atoms with van der Waals surface area (Å²) in [6.07, 6.45) is 3.83. The predicted octanol–water partition coefficient (Wildman–Crippen LogP) is 6.54. The molecular formula is C38H58F3N3O6. The first-order valence-corrected chi connectivity index (χ1v) is 19.0. The normalized spacial score (nSPS) is 45.3. The average molecular weight is 710 g/mol. The Labute approximate surface area is 295 Å². The third-order valence-corrected chi connectivity index (χ3v) is 15.4. The van der Waals surface area contributed by atoms with E-state index in [2.05, 4.69) is 39.1 Å². The second-order valence-corrected chi connectivity index (χ2v) is 18.0. The van der Waals surface area contributed by atoms with E-state index in [1.54, 1.807) is 14.1 Å². The van der Waals surface area contributed by atoms with Gasteiger partial charge in [-0.3, -0.25) is 4.90 Å². The number of nitrogens with zero attached hydrogens (tertiary/aromatic N) is 2. The summed E-state index contributed by atoms with van der Waals surface area (Å²) in [7, 11) is 3.37. The van der Waals surface area contributed by atoms with Gasteiger partial charge >= 0.3 is 18.4 Å². The molecule has 5 aliphatic carbocycles. The molecule has 0 aromatic rings. The highest BCUT2D eigenvalue weighted by atomic mass is 19.4. The number of halogens is 3. The van der Waals surface area contributed by atoms with Crippen molar-refractivity contribution in [2.75, 3.05) is 33.7 Å². The number of alkyl halides is 3. The molecule has 2 aliphatic heterocycles. The molecule has 0 radical (unpaired) electrons. The van der Waals surface area contributed by atoms with E-state index in [1.165, 1.54) is 15.4 Å². The van der Waals surface area contributed by atoms with Crippen LogP contribution in [0.25, 0.3) is 0 Å². The molecule has 5 saturated carbocycles. The van der Waals surface area contributed by atoms with E-state index >= 15 is 0 Å². The largest absolute Gasteiger partial charge is 0.443 e. The van der Waals surface area contributed by atoms with Crippen LogP contribution in [0.15, 0.2) is 11.6 Å². The first-order chi connectivity index (χ1) is 23.4. The molecule has 8 unspecified atom stereocenters. The fraction of sp³-hybridized carbons (Fsp3) is 0.895. The van der Waals surface area contributed by atoms with Gasteiger partial charge in [-0.15, -0.1) is 0 Å². The van der Waals surface area contributed by atoms with Crippen molar-refractivity contribution >= 4 is 12.2 Å². The van der Waals surface area contributed by atoms with E-state index in [0.29, 0.717) is 11.8 Å². The zero-order valence-corrected chi connectivity index (χ0v) is 30.9. The van der Waals surface area contributed by atoms with Crippen molar-refractivity contribution in [2.24, 2.45) is 45.3 Å². The van der Waals surface area contributed by atoms with Gasteiger partial charge in [0.15, 0.2) is 0 Å². The third kappa shape index (κ3) is 5.33. The number of aliphatic hydroxyl groups excluding tert-OH is 1. The smallest absolute Gasteiger partial charge is 0.409 e. The molecule has 2 N–H and O–H groups in total.